The third kappa shape index (κ3) is 3.30. The quantitative estimate of drug-likeness (QED) is 0.623. The minimum absolute atomic E-state index is 0.0425. The van der Waals surface area contributed by atoms with Crippen molar-refractivity contribution >= 4 is 22.4 Å². The van der Waals surface area contributed by atoms with E-state index < -0.39 is 5.97 Å². The summed E-state index contributed by atoms with van der Waals surface area (Å²) < 4.78 is 11.8. The molecular formula is C22H17NO4. The van der Waals surface area contributed by atoms with Crippen LogP contribution in [0.5, 0.6) is 17.2 Å². The van der Waals surface area contributed by atoms with Crippen LogP contribution in [-0.2, 0) is 4.79 Å². The van der Waals surface area contributed by atoms with Crippen molar-refractivity contribution in [2.24, 2.45) is 0 Å². The predicted molar refractivity (Wildman–Crippen MR) is 102 cm³/mol. The van der Waals surface area contributed by atoms with Crippen molar-refractivity contribution in [1.29, 1.82) is 0 Å². The summed E-state index contributed by atoms with van der Waals surface area (Å²) in [5.41, 5.74) is 1.49. The average molecular weight is 359 g/mol. The van der Waals surface area contributed by atoms with E-state index in [4.69, 9.17) is 21.2 Å². The highest BCUT2D eigenvalue weighted by atomic mass is 16.5. The predicted octanol–water partition coefficient (Wildman–Crippen LogP) is 5.52. The normalized spacial score (nSPS) is 15.4. The number of rotatable bonds is 4. The van der Waals surface area contributed by atoms with Crippen LogP contribution in [0.2, 0.25) is 0 Å². The number of nitrogens with zero attached hydrogens (tertiary/aromatic N) is 1. The lowest BCUT2D eigenvalue weighted by atomic mass is 9.90. The smallest absolute Gasteiger partial charge is 0.303 e. The highest BCUT2D eigenvalue weighted by Gasteiger charge is 2.24. The Morgan fingerprint density at radius 2 is 2.00 bits per heavy atom. The summed E-state index contributed by atoms with van der Waals surface area (Å²) >= 11 is 0. The Morgan fingerprint density at radius 1 is 1.19 bits per heavy atom. The van der Waals surface area contributed by atoms with E-state index in [9.17, 15) is 4.79 Å². The monoisotopic (exact) mass is 359 g/mol. The number of carboxylic acids is 1. The fourth-order valence-corrected chi connectivity index (χ4v) is 3.50. The van der Waals surface area contributed by atoms with Crippen LogP contribution in [-0.4, -0.2) is 17.7 Å². The summed E-state index contributed by atoms with van der Waals surface area (Å²) in [6.07, 6.45) is 0.793. The van der Waals surface area contributed by atoms with Gasteiger partial charge in [0.25, 0.3) is 0 Å². The van der Waals surface area contributed by atoms with E-state index in [0.717, 1.165) is 16.3 Å². The fourth-order valence-electron chi connectivity index (χ4n) is 3.50. The van der Waals surface area contributed by atoms with Crippen LogP contribution >= 0.6 is 0 Å². The Labute approximate surface area is 156 Å². The third-order valence-corrected chi connectivity index (χ3v) is 4.78. The molecule has 1 aliphatic rings. The molecule has 0 spiro atoms. The molecule has 5 heteroatoms. The van der Waals surface area contributed by atoms with E-state index in [1.807, 2.05) is 36.4 Å². The SMILES string of the molecule is [C-]#[N+]c1ccc(Oc2ccc3c(c2)OCC[C@H]3CC(=O)O)c2ccccc12. The summed E-state index contributed by atoms with van der Waals surface area (Å²) in [6, 6.07) is 16.7. The number of carboxylic acid groups (broad SMARTS) is 1. The molecule has 134 valence electrons. The van der Waals surface area contributed by atoms with Crippen molar-refractivity contribution < 1.29 is 19.4 Å². The van der Waals surface area contributed by atoms with Crippen molar-refractivity contribution in [2.75, 3.05) is 6.61 Å². The molecule has 1 atom stereocenters. The van der Waals surface area contributed by atoms with Crippen LogP contribution in [0.15, 0.2) is 54.6 Å². The minimum Gasteiger partial charge on any atom is -0.493 e. The number of aliphatic carboxylic acids is 1. The highest BCUT2D eigenvalue weighted by Crippen LogP contribution is 2.40. The first-order valence-electron chi connectivity index (χ1n) is 8.71. The number of fused-ring (bicyclic) bond motifs is 2. The molecule has 0 aromatic heterocycles. The lowest BCUT2D eigenvalue weighted by Gasteiger charge is -2.25. The maximum atomic E-state index is 11.1. The number of hydrogen-bond donors (Lipinski definition) is 1. The van der Waals surface area contributed by atoms with E-state index in [1.165, 1.54) is 0 Å². The lowest BCUT2D eigenvalue weighted by Crippen LogP contribution is -2.16. The van der Waals surface area contributed by atoms with Crippen molar-refractivity contribution in [2.45, 2.75) is 18.8 Å². The first-order valence-corrected chi connectivity index (χ1v) is 8.71. The Kier molecular flexibility index (Phi) is 4.39. The van der Waals surface area contributed by atoms with Crippen LogP contribution < -0.4 is 9.47 Å². The Hall–Kier alpha value is -3.52. The van der Waals surface area contributed by atoms with Gasteiger partial charge >= 0.3 is 5.97 Å². The van der Waals surface area contributed by atoms with Gasteiger partial charge in [0.15, 0.2) is 5.69 Å². The van der Waals surface area contributed by atoms with Gasteiger partial charge in [0.1, 0.15) is 17.2 Å². The number of benzene rings is 3. The zero-order valence-electron chi connectivity index (χ0n) is 14.5. The Balaban J connectivity index is 1.68. The lowest BCUT2D eigenvalue weighted by molar-refractivity contribution is -0.137. The topological polar surface area (TPSA) is 60.1 Å². The molecule has 0 amide bonds. The molecule has 0 radical (unpaired) electrons. The molecule has 5 nitrogen and oxygen atoms in total. The third-order valence-electron chi connectivity index (χ3n) is 4.78. The van der Waals surface area contributed by atoms with E-state index in [2.05, 4.69) is 4.85 Å². The summed E-state index contributed by atoms with van der Waals surface area (Å²) in [4.78, 5) is 14.6. The van der Waals surface area contributed by atoms with Gasteiger partial charge in [-0.2, -0.15) is 0 Å². The molecule has 0 aliphatic carbocycles. The molecule has 0 bridgehead atoms. The van der Waals surface area contributed by atoms with Crippen LogP contribution in [0.25, 0.3) is 15.6 Å². The van der Waals surface area contributed by atoms with Crippen LogP contribution in [0.3, 0.4) is 0 Å². The standard InChI is InChI=1S/C22H17NO4/c1-23-19-8-9-20(18-5-3-2-4-17(18)19)27-15-6-7-16-14(12-22(24)25)10-11-26-21(16)13-15/h2-9,13-14H,10-12H2,(H,24,25)/t14-/m0/s1. The molecular weight excluding hydrogens is 342 g/mol. The summed E-state index contributed by atoms with van der Waals surface area (Å²) in [6.45, 7) is 7.81. The highest BCUT2D eigenvalue weighted by molar-refractivity contribution is 5.98. The maximum absolute atomic E-state index is 11.1. The van der Waals surface area contributed by atoms with Crippen LogP contribution in [0.4, 0.5) is 5.69 Å². The molecule has 0 saturated heterocycles. The summed E-state index contributed by atoms with van der Waals surface area (Å²) in [5, 5.41) is 10.8. The summed E-state index contributed by atoms with van der Waals surface area (Å²) in [7, 11) is 0. The Bertz CT molecular complexity index is 1070. The molecule has 0 fully saturated rings. The van der Waals surface area contributed by atoms with E-state index in [-0.39, 0.29) is 12.3 Å². The number of hydrogen-bond acceptors (Lipinski definition) is 3. The van der Waals surface area contributed by atoms with Gasteiger partial charge in [-0.05, 0) is 29.5 Å². The van der Waals surface area contributed by atoms with Gasteiger partial charge in [0.05, 0.1) is 19.6 Å². The molecule has 27 heavy (non-hydrogen) atoms. The van der Waals surface area contributed by atoms with Gasteiger partial charge in [0, 0.05) is 17.4 Å². The van der Waals surface area contributed by atoms with Gasteiger partial charge in [-0.25, -0.2) is 4.85 Å². The van der Waals surface area contributed by atoms with Crippen molar-refractivity contribution in [3.8, 4) is 17.2 Å². The zero-order chi connectivity index (χ0) is 18.8. The molecule has 3 aromatic carbocycles. The average Bonchev–Trinajstić information content (AvgIpc) is 2.68. The molecule has 4 rings (SSSR count). The first kappa shape index (κ1) is 16.9. The fraction of sp³-hybridized carbons (Fsp3) is 0.182. The van der Waals surface area contributed by atoms with Crippen LogP contribution in [0, 0.1) is 6.57 Å². The summed E-state index contributed by atoms with van der Waals surface area (Å²) in [5.74, 6) is 1.10. The van der Waals surface area contributed by atoms with Gasteiger partial charge in [-0.1, -0.05) is 36.4 Å². The van der Waals surface area contributed by atoms with Gasteiger partial charge in [0.2, 0.25) is 0 Å². The molecule has 0 saturated carbocycles. The Morgan fingerprint density at radius 3 is 2.78 bits per heavy atom. The van der Waals surface area contributed by atoms with Crippen LogP contribution in [0.1, 0.15) is 24.3 Å². The van der Waals surface area contributed by atoms with E-state index in [1.54, 1.807) is 18.2 Å². The molecule has 1 heterocycles. The number of carbonyl (C=O) groups is 1. The van der Waals surface area contributed by atoms with E-state index >= 15 is 0 Å². The number of ether oxygens (including phenoxy) is 2. The second kappa shape index (κ2) is 7.00. The molecule has 1 N–H and O–H groups in total. The molecule has 3 aromatic rings. The van der Waals surface area contributed by atoms with Crippen molar-refractivity contribution in [3.63, 3.8) is 0 Å². The van der Waals surface area contributed by atoms with Crippen molar-refractivity contribution in [3.05, 3.63) is 71.6 Å². The maximum Gasteiger partial charge on any atom is 0.303 e. The second-order valence-corrected chi connectivity index (χ2v) is 6.47. The molecule has 1 aliphatic heterocycles. The first-order chi connectivity index (χ1) is 13.2. The largest absolute Gasteiger partial charge is 0.493 e. The van der Waals surface area contributed by atoms with Crippen molar-refractivity contribution in [1.82, 2.24) is 0 Å². The zero-order valence-corrected chi connectivity index (χ0v) is 14.5. The minimum atomic E-state index is -0.806. The van der Waals surface area contributed by atoms with Gasteiger partial charge < -0.3 is 14.6 Å². The molecule has 0 unspecified atom stereocenters. The second-order valence-electron chi connectivity index (χ2n) is 6.47. The van der Waals surface area contributed by atoms with E-state index in [0.29, 0.717) is 36.0 Å². The van der Waals surface area contributed by atoms with Gasteiger partial charge in [-0.3, -0.25) is 4.79 Å². The van der Waals surface area contributed by atoms with Gasteiger partial charge in [-0.15, -0.1) is 0 Å².